The molecular formula is C15H28N2O. The number of methoxy groups -OCH3 is 1. The lowest BCUT2D eigenvalue weighted by Crippen LogP contribution is -2.66. The van der Waals surface area contributed by atoms with E-state index in [0.717, 1.165) is 12.5 Å². The maximum atomic E-state index is 5.71. The van der Waals surface area contributed by atoms with Crippen LogP contribution < -0.4 is 5.32 Å². The Bertz CT molecular complexity index is 305. The minimum absolute atomic E-state index is 0.355. The van der Waals surface area contributed by atoms with Crippen molar-refractivity contribution in [3.05, 3.63) is 0 Å². The van der Waals surface area contributed by atoms with Crippen LogP contribution in [0.15, 0.2) is 0 Å². The Morgan fingerprint density at radius 2 is 2.00 bits per heavy atom. The third-order valence-electron chi connectivity index (χ3n) is 5.50. The molecule has 4 unspecified atom stereocenters. The number of nitrogens with one attached hydrogen (secondary N) is 1. The molecule has 4 atom stereocenters. The lowest BCUT2D eigenvalue weighted by Gasteiger charge is -2.49. The summed E-state index contributed by atoms with van der Waals surface area (Å²) in [6, 6.07) is 1.31. The van der Waals surface area contributed by atoms with Crippen molar-refractivity contribution in [2.75, 3.05) is 20.2 Å². The highest BCUT2D eigenvalue weighted by atomic mass is 16.5. The van der Waals surface area contributed by atoms with E-state index in [0.29, 0.717) is 23.7 Å². The van der Waals surface area contributed by atoms with E-state index in [4.69, 9.17) is 4.74 Å². The first-order valence-corrected chi connectivity index (χ1v) is 7.67. The molecule has 1 heterocycles. The van der Waals surface area contributed by atoms with E-state index in [1.54, 1.807) is 0 Å². The first-order chi connectivity index (χ1) is 8.64. The van der Waals surface area contributed by atoms with Crippen LogP contribution in [0.2, 0.25) is 0 Å². The molecule has 1 saturated heterocycles. The van der Waals surface area contributed by atoms with Crippen LogP contribution in [0.3, 0.4) is 0 Å². The van der Waals surface area contributed by atoms with E-state index in [9.17, 15) is 0 Å². The summed E-state index contributed by atoms with van der Waals surface area (Å²) in [6.07, 6.45) is 7.21. The molecule has 0 bridgehead atoms. The lowest BCUT2D eigenvalue weighted by molar-refractivity contribution is -0.0172. The van der Waals surface area contributed by atoms with E-state index in [1.807, 2.05) is 7.11 Å². The molecule has 2 saturated carbocycles. The maximum absolute atomic E-state index is 5.71. The standard InChI is InChI=1S/C15H28N2O/c1-11-9-16-15(2,12-7-8-12)10-17(11)13-5-4-6-14(13)18-3/h11-14,16H,4-10H2,1-3H3. The maximum Gasteiger partial charge on any atom is 0.0726 e. The van der Waals surface area contributed by atoms with Gasteiger partial charge in [0.05, 0.1) is 6.10 Å². The number of hydrogen-bond donors (Lipinski definition) is 1. The Kier molecular flexibility index (Phi) is 3.41. The molecule has 3 heteroatoms. The average Bonchev–Trinajstić information content (AvgIpc) is 3.12. The van der Waals surface area contributed by atoms with Gasteiger partial charge in [-0.25, -0.2) is 0 Å². The third-order valence-corrected chi connectivity index (χ3v) is 5.50. The van der Waals surface area contributed by atoms with Gasteiger partial charge in [0.15, 0.2) is 0 Å². The minimum atomic E-state index is 0.355. The number of nitrogens with zero attached hydrogens (tertiary/aromatic N) is 1. The number of piperazine rings is 1. The second kappa shape index (κ2) is 4.77. The predicted octanol–water partition coefficient (Wildman–Crippen LogP) is 2.02. The molecule has 3 rings (SSSR count). The summed E-state index contributed by atoms with van der Waals surface area (Å²) in [6.45, 7) is 7.15. The predicted molar refractivity (Wildman–Crippen MR) is 73.7 cm³/mol. The summed E-state index contributed by atoms with van der Waals surface area (Å²) in [4.78, 5) is 2.75. The van der Waals surface area contributed by atoms with Crippen molar-refractivity contribution in [2.45, 2.75) is 69.7 Å². The quantitative estimate of drug-likeness (QED) is 0.831. The fourth-order valence-electron chi connectivity index (χ4n) is 4.09. The van der Waals surface area contributed by atoms with Crippen LogP contribution in [-0.2, 0) is 4.74 Å². The van der Waals surface area contributed by atoms with Gasteiger partial charge in [0.2, 0.25) is 0 Å². The van der Waals surface area contributed by atoms with Gasteiger partial charge in [0.25, 0.3) is 0 Å². The van der Waals surface area contributed by atoms with Crippen molar-refractivity contribution in [1.29, 1.82) is 0 Å². The van der Waals surface area contributed by atoms with Crippen LogP contribution in [0.25, 0.3) is 0 Å². The Morgan fingerprint density at radius 3 is 2.67 bits per heavy atom. The van der Waals surface area contributed by atoms with Crippen LogP contribution in [0.1, 0.15) is 46.0 Å². The number of rotatable bonds is 3. The molecule has 0 radical (unpaired) electrons. The summed E-state index contributed by atoms with van der Waals surface area (Å²) < 4.78 is 5.71. The first kappa shape index (κ1) is 12.9. The SMILES string of the molecule is COC1CCCC1N1CC(C)(C2CC2)NCC1C. The molecule has 3 aliphatic rings. The monoisotopic (exact) mass is 252 g/mol. The molecule has 1 aliphatic heterocycles. The van der Waals surface area contributed by atoms with Gasteiger partial charge >= 0.3 is 0 Å². The number of hydrogen-bond acceptors (Lipinski definition) is 3. The molecule has 0 aromatic heterocycles. The Hall–Kier alpha value is -0.120. The second-order valence-electron chi connectivity index (χ2n) is 6.87. The molecule has 104 valence electrons. The summed E-state index contributed by atoms with van der Waals surface area (Å²) in [7, 11) is 1.88. The normalized spacial score (nSPS) is 46.5. The molecule has 3 fully saturated rings. The van der Waals surface area contributed by atoms with E-state index in [2.05, 4.69) is 24.1 Å². The van der Waals surface area contributed by atoms with Crippen molar-refractivity contribution in [3.63, 3.8) is 0 Å². The number of ether oxygens (including phenoxy) is 1. The molecule has 0 amide bonds. The van der Waals surface area contributed by atoms with Gasteiger partial charge in [0, 0.05) is 37.8 Å². The molecular weight excluding hydrogens is 224 g/mol. The Labute approximate surface area is 111 Å². The van der Waals surface area contributed by atoms with Crippen LogP contribution >= 0.6 is 0 Å². The third kappa shape index (κ3) is 2.21. The van der Waals surface area contributed by atoms with E-state index < -0.39 is 0 Å². The molecule has 1 N–H and O–H groups in total. The van der Waals surface area contributed by atoms with Crippen molar-refractivity contribution in [3.8, 4) is 0 Å². The van der Waals surface area contributed by atoms with E-state index in [-0.39, 0.29) is 0 Å². The van der Waals surface area contributed by atoms with Crippen molar-refractivity contribution < 1.29 is 4.74 Å². The molecule has 0 aromatic rings. The summed E-state index contributed by atoms with van der Waals surface area (Å²) >= 11 is 0. The van der Waals surface area contributed by atoms with E-state index in [1.165, 1.54) is 38.6 Å². The highest BCUT2D eigenvalue weighted by Gasteiger charge is 2.48. The summed E-state index contributed by atoms with van der Waals surface area (Å²) in [5.74, 6) is 0.912. The highest BCUT2D eigenvalue weighted by molar-refractivity contribution is 5.05. The van der Waals surface area contributed by atoms with Crippen molar-refractivity contribution >= 4 is 0 Å². The molecule has 18 heavy (non-hydrogen) atoms. The minimum Gasteiger partial charge on any atom is -0.380 e. The van der Waals surface area contributed by atoms with Gasteiger partial charge in [-0.1, -0.05) is 0 Å². The zero-order valence-corrected chi connectivity index (χ0v) is 12.1. The van der Waals surface area contributed by atoms with Gasteiger partial charge in [-0.05, 0) is 51.9 Å². The van der Waals surface area contributed by atoms with Gasteiger partial charge in [-0.3, -0.25) is 4.90 Å². The smallest absolute Gasteiger partial charge is 0.0726 e. The molecule has 2 aliphatic carbocycles. The van der Waals surface area contributed by atoms with Gasteiger partial charge < -0.3 is 10.1 Å². The molecule has 0 spiro atoms. The lowest BCUT2D eigenvalue weighted by atomic mass is 9.89. The topological polar surface area (TPSA) is 24.5 Å². The van der Waals surface area contributed by atoms with Gasteiger partial charge in [-0.15, -0.1) is 0 Å². The van der Waals surface area contributed by atoms with Crippen molar-refractivity contribution in [1.82, 2.24) is 10.2 Å². The largest absolute Gasteiger partial charge is 0.380 e. The highest BCUT2D eigenvalue weighted by Crippen LogP contribution is 2.42. The van der Waals surface area contributed by atoms with E-state index >= 15 is 0 Å². The zero-order valence-electron chi connectivity index (χ0n) is 12.1. The fourth-order valence-corrected chi connectivity index (χ4v) is 4.09. The molecule has 3 nitrogen and oxygen atoms in total. The second-order valence-corrected chi connectivity index (χ2v) is 6.87. The zero-order chi connectivity index (χ0) is 12.8. The Morgan fingerprint density at radius 1 is 1.22 bits per heavy atom. The van der Waals surface area contributed by atoms with Crippen LogP contribution in [-0.4, -0.2) is 48.8 Å². The average molecular weight is 252 g/mol. The fraction of sp³-hybridized carbons (Fsp3) is 1.00. The molecule has 0 aromatic carbocycles. The summed E-state index contributed by atoms with van der Waals surface area (Å²) in [5.41, 5.74) is 0.355. The van der Waals surface area contributed by atoms with Gasteiger partial charge in [-0.2, -0.15) is 0 Å². The Balaban J connectivity index is 1.72. The van der Waals surface area contributed by atoms with Crippen molar-refractivity contribution in [2.24, 2.45) is 5.92 Å². The summed E-state index contributed by atoms with van der Waals surface area (Å²) in [5, 5.41) is 3.81. The van der Waals surface area contributed by atoms with Gasteiger partial charge in [0.1, 0.15) is 0 Å². The van der Waals surface area contributed by atoms with Crippen LogP contribution in [0.5, 0.6) is 0 Å². The van der Waals surface area contributed by atoms with Crippen LogP contribution in [0, 0.1) is 5.92 Å². The first-order valence-electron chi connectivity index (χ1n) is 7.67. The van der Waals surface area contributed by atoms with Crippen LogP contribution in [0.4, 0.5) is 0 Å².